The van der Waals surface area contributed by atoms with Crippen LogP contribution in [-0.2, 0) is 9.59 Å². The summed E-state index contributed by atoms with van der Waals surface area (Å²) in [4.78, 5) is 32.3. The number of benzene rings is 2. The lowest BCUT2D eigenvalue weighted by atomic mass is 9.95. The van der Waals surface area contributed by atoms with Gasteiger partial charge in [-0.1, -0.05) is 35.3 Å². The quantitative estimate of drug-likeness (QED) is 0.270. The van der Waals surface area contributed by atoms with Crippen LogP contribution in [0.5, 0.6) is 11.5 Å². The number of aliphatic hydroxyl groups is 1. The Labute approximate surface area is 212 Å². The summed E-state index contributed by atoms with van der Waals surface area (Å²) in [5.41, 5.74) is 2.81. The Balaban J connectivity index is 2.02. The van der Waals surface area contributed by atoms with E-state index in [1.165, 1.54) is 25.2 Å². The van der Waals surface area contributed by atoms with E-state index in [4.69, 9.17) is 32.7 Å². The molecule has 0 radical (unpaired) electrons. The van der Waals surface area contributed by atoms with Crippen molar-refractivity contribution in [2.24, 2.45) is 0 Å². The maximum atomic E-state index is 13.4. The van der Waals surface area contributed by atoms with Gasteiger partial charge in [-0.15, -0.1) is 0 Å². The van der Waals surface area contributed by atoms with E-state index in [1.807, 2.05) is 32.0 Å². The Kier molecular flexibility index (Phi) is 6.74. The Hall–Kier alpha value is -3.55. The van der Waals surface area contributed by atoms with Gasteiger partial charge in [0.2, 0.25) is 0 Å². The van der Waals surface area contributed by atoms with Crippen LogP contribution in [0.1, 0.15) is 28.3 Å². The number of carbonyl (C=O) groups excluding carboxylic acids is 2. The fourth-order valence-electron chi connectivity index (χ4n) is 4.33. The smallest absolute Gasteiger partial charge is 0.300 e. The molecule has 2 aromatic carbocycles. The van der Waals surface area contributed by atoms with Crippen molar-refractivity contribution < 1.29 is 24.2 Å². The van der Waals surface area contributed by atoms with E-state index in [0.717, 1.165) is 11.1 Å². The van der Waals surface area contributed by atoms with E-state index in [2.05, 4.69) is 4.98 Å². The second kappa shape index (κ2) is 9.60. The fourth-order valence-corrected chi connectivity index (χ4v) is 5.02. The highest BCUT2D eigenvalue weighted by Crippen LogP contribution is 2.48. The molecule has 4 rings (SSSR count). The molecule has 7 nitrogen and oxygen atoms in total. The Bertz CT molecular complexity index is 1350. The summed E-state index contributed by atoms with van der Waals surface area (Å²) < 4.78 is 10.6. The first kappa shape index (κ1) is 24.6. The molecule has 9 heteroatoms. The van der Waals surface area contributed by atoms with Crippen LogP contribution >= 0.6 is 23.2 Å². The maximum Gasteiger partial charge on any atom is 0.300 e. The molecule has 0 spiro atoms. The number of aryl methyl sites for hydroxylation is 2. The van der Waals surface area contributed by atoms with Gasteiger partial charge >= 0.3 is 0 Å². The van der Waals surface area contributed by atoms with Crippen LogP contribution in [0.15, 0.2) is 54.4 Å². The molecular weight excluding hydrogens is 491 g/mol. The van der Waals surface area contributed by atoms with Crippen molar-refractivity contribution in [3.05, 3.63) is 86.7 Å². The first-order valence-electron chi connectivity index (χ1n) is 10.6. The summed E-state index contributed by atoms with van der Waals surface area (Å²) in [7, 11) is 2.75. The Morgan fingerprint density at radius 2 is 1.69 bits per heavy atom. The molecule has 2 heterocycles. The van der Waals surface area contributed by atoms with Gasteiger partial charge in [-0.2, -0.15) is 0 Å². The van der Waals surface area contributed by atoms with Gasteiger partial charge in [0, 0.05) is 18.1 Å². The minimum absolute atomic E-state index is 0.0190. The van der Waals surface area contributed by atoms with Gasteiger partial charge in [0.05, 0.1) is 36.4 Å². The van der Waals surface area contributed by atoms with Gasteiger partial charge in [0.15, 0.2) is 11.5 Å². The molecule has 1 aliphatic rings. The number of hydrogen-bond donors (Lipinski definition) is 1. The summed E-state index contributed by atoms with van der Waals surface area (Å²) in [6.07, 6.45) is 3.13. The largest absolute Gasteiger partial charge is 0.507 e. The van der Waals surface area contributed by atoms with E-state index in [9.17, 15) is 14.7 Å². The highest BCUT2D eigenvalue weighted by Gasteiger charge is 2.47. The molecule has 1 amide bonds. The number of methoxy groups -OCH3 is 2. The zero-order valence-electron chi connectivity index (χ0n) is 19.4. The SMILES string of the molecule is COc1c(Cl)cc(/C(O)=C2\C(=O)C(=O)N(c3cc(C)cc(C)c3)C2c2cccnc2)c(OC)c1Cl. The predicted octanol–water partition coefficient (Wildman–Crippen LogP) is 5.65. The van der Waals surface area contributed by atoms with Gasteiger partial charge in [0.1, 0.15) is 10.8 Å². The summed E-state index contributed by atoms with van der Waals surface area (Å²) in [5.74, 6) is -1.92. The van der Waals surface area contributed by atoms with Crippen LogP contribution < -0.4 is 14.4 Å². The molecule has 1 saturated heterocycles. The zero-order valence-corrected chi connectivity index (χ0v) is 20.9. The van der Waals surface area contributed by atoms with Crippen LogP contribution in [0.2, 0.25) is 10.0 Å². The second-order valence-corrected chi connectivity index (χ2v) is 8.87. The molecule has 1 aromatic heterocycles. The molecule has 3 aromatic rings. The average Bonchev–Trinajstić information content (AvgIpc) is 3.09. The molecule has 1 N–H and O–H groups in total. The first-order chi connectivity index (χ1) is 16.7. The van der Waals surface area contributed by atoms with Crippen molar-refractivity contribution >= 4 is 46.3 Å². The van der Waals surface area contributed by atoms with Crippen LogP contribution in [0, 0.1) is 13.8 Å². The molecule has 1 fully saturated rings. The normalized spacial score (nSPS) is 17.1. The molecular formula is C26H22Cl2N2O5. The summed E-state index contributed by atoms with van der Waals surface area (Å²) >= 11 is 12.7. The zero-order chi connectivity index (χ0) is 25.4. The van der Waals surface area contributed by atoms with Crippen molar-refractivity contribution in [3.63, 3.8) is 0 Å². The number of ether oxygens (including phenoxy) is 2. The number of aliphatic hydroxyl groups excluding tert-OH is 1. The number of anilines is 1. The van der Waals surface area contributed by atoms with Crippen LogP contribution in [-0.4, -0.2) is 36.0 Å². The molecule has 0 aliphatic carbocycles. The lowest BCUT2D eigenvalue weighted by molar-refractivity contribution is -0.132. The molecule has 1 unspecified atom stereocenters. The van der Waals surface area contributed by atoms with Crippen LogP contribution in [0.25, 0.3) is 5.76 Å². The lowest BCUT2D eigenvalue weighted by Gasteiger charge is -2.26. The Morgan fingerprint density at radius 3 is 2.26 bits per heavy atom. The third-order valence-corrected chi connectivity index (χ3v) is 6.35. The third-order valence-electron chi connectivity index (χ3n) is 5.72. The molecule has 0 saturated carbocycles. The van der Waals surface area contributed by atoms with Crippen molar-refractivity contribution in [2.75, 3.05) is 19.1 Å². The van der Waals surface area contributed by atoms with Gasteiger partial charge < -0.3 is 14.6 Å². The molecule has 180 valence electrons. The number of aromatic nitrogens is 1. The topological polar surface area (TPSA) is 89.0 Å². The number of carbonyl (C=O) groups is 2. The highest BCUT2D eigenvalue weighted by atomic mass is 35.5. The minimum Gasteiger partial charge on any atom is -0.507 e. The molecule has 0 bridgehead atoms. The number of nitrogens with zero attached hydrogens (tertiary/aromatic N) is 2. The van der Waals surface area contributed by atoms with Crippen molar-refractivity contribution in [1.29, 1.82) is 0 Å². The number of amides is 1. The van der Waals surface area contributed by atoms with Crippen molar-refractivity contribution in [3.8, 4) is 11.5 Å². The van der Waals surface area contributed by atoms with Crippen molar-refractivity contribution in [1.82, 2.24) is 4.98 Å². The number of hydrogen-bond acceptors (Lipinski definition) is 6. The van der Waals surface area contributed by atoms with Crippen LogP contribution in [0.4, 0.5) is 5.69 Å². The van der Waals surface area contributed by atoms with Gasteiger partial charge in [0.25, 0.3) is 11.7 Å². The maximum absolute atomic E-state index is 13.4. The highest BCUT2D eigenvalue weighted by molar-refractivity contribution is 6.52. The van der Waals surface area contributed by atoms with Gasteiger partial charge in [-0.3, -0.25) is 19.5 Å². The van der Waals surface area contributed by atoms with E-state index in [1.54, 1.807) is 24.5 Å². The fraction of sp³-hybridized carbons (Fsp3) is 0.192. The standard InChI is InChI=1S/C26H22Cl2N2O5/c1-13-8-14(2)10-16(9-13)30-21(15-6-5-7-29-12-15)19(23(32)26(30)33)22(31)17-11-18(27)25(35-4)20(28)24(17)34-3/h5-12,21,31H,1-4H3/b22-19+. The van der Waals surface area contributed by atoms with E-state index < -0.39 is 23.5 Å². The predicted molar refractivity (Wildman–Crippen MR) is 135 cm³/mol. The summed E-state index contributed by atoms with van der Waals surface area (Å²) in [5, 5.41) is 11.6. The number of rotatable bonds is 5. The molecule has 35 heavy (non-hydrogen) atoms. The number of halogens is 2. The van der Waals surface area contributed by atoms with E-state index in [-0.39, 0.29) is 32.7 Å². The van der Waals surface area contributed by atoms with Crippen molar-refractivity contribution in [2.45, 2.75) is 19.9 Å². The molecule has 1 atom stereocenters. The van der Waals surface area contributed by atoms with Crippen LogP contribution in [0.3, 0.4) is 0 Å². The number of pyridine rings is 1. The first-order valence-corrected chi connectivity index (χ1v) is 11.3. The Morgan fingerprint density at radius 1 is 1.03 bits per heavy atom. The lowest BCUT2D eigenvalue weighted by Crippen LogP contribution is -2.29. The van der Waals surface area contributed by atoms with E-state index in [0.29, 0.717) is 11.3 Å². The van der Waals surface area contributed by atoms with Gasteiger partial charge in [-0.25, -0.2) is 0 Å². The number of Topliss-reactive ketones (excluding diaryl/α,β-unsaturated/α-hetero) is 1. The minimum atomic E-state index is -0.950. The number of ketones is 1. The van der Waals surface area contributed by atoms with Gasteiger partial charge in [-0.05, 0) is 54.8 Å². The monoisotopic (exact) mass is 512 g/mol. The average molecular weight is 513 g/mol. The summed E-state index contributed by atoms with van der Waals surface area (Å²) in [6.45, 7) is 3.80. The third kappa shape index (κ3) is 4.22. The molecule has 1 aliphatic heterocycles. The summed E-state index contributed by atoms with van der Waals surface area (Å²) in [6, 6.07) is 9.44. The second-order valence-electron chi connectivity index (χ2n) is 8.09. The van der Waals surface area contributed by atoms with E-state index >= 15 is 0 Å².